The maximum absolute atomic E-state index is 5.59. The number of hydrogen-bond donors (Lipinski definition) is 1. The van der Waals surface area contributed by atoms with Crippen molar-refractivity contribution in [1.29, 1.82) is 0 Å². The lowest BCUT2D eigenvalue weighted by Crippen LogP contribution is -2.03. The molecule has 0 unspecified atom stereocenters. The molecule has 0 bridgehead atoms. The highest BCUT2D eigenvalue weighted by molar-refractivity contribution is 5.58. The van der Waals surface area contributed by atoms with Crippen LogP contribution in [0.4, 0.5) is 0 Å². The Kier molecular flexibility index (Phi) is 3.37. The largest absolute Gasteiger partial charge is 0.444 e. The first-order valence-corrected chi connectivity index (χ1v) is 5.58. The molecule has 84 valence electrons. The Balaban J connectivity index is 2.38. The molecule has 0 atom stereocenters. The molecule has 0 amide bonds. The SMILES string of the molecule is CCc1coc(-c2ccccc2CCN)n1. The molecular weight excluding hydrogens is 200 g/mol. The molecule has 0 radical (unpaired) electrons. The van der Waals surface area contributed by atoms with E-state index in [2.05, 4.69) is 18.0 Å². The van der Waals surface area contributed by atoms with Crippen LogP contribution < -0.4 is 5.73 Å². The van der Waals surface area contributed by atoms with Gasteiger partial charge in [0.25, 0.3) is 0 Å². The van der Waals surface area contributed by atoms with Crippen LogP contribution in [0.1, 0.15) is 18.2 Å². The first-order chi connectivity index (χ1) is 7.85. The molecule has 0 saturated heterocycles. The van der Waals surface area contributed by atoms with Gasteiger partial charge in [0.15, 0.2) is 0 Å². The van der Waals surface area contributed by atoms with E-state index in [-0.39, 0.29) is 0 Å². The number of benzene rings is 1. The van der Waals surface area contributed by atoms with Crippen molar-refractivity contribution in [2.75, 3.05) is 6.54 Å². The van der Waals surface area contributed by atoms with E-state index < -0.39 is 0 Å². The van der Waals surface area contributed by atoms with Crippen molar-refractivity contribution < 1.29 is 4.42 Å². The van der Waals surface area contributed by atoms with Crippen LogP contribution >= 0.6 is 0 Å². The van der Waals surface area contributed by atoms with E-state index in [1.54, 1.807) is 6.26 Å². The number of hydrogen-bond acceptors (Lipinski definition) is 3. The van der Waals surface area contributed by atoms with Crippen LogP contribution in [0.25, 0.3) is 11.5 Å². The summed E-state index contributed by atoms with van der Waals surface area (Å²) in [6.45, 7) is 2.70. The van der Waals surface area contributed by atoms with Crippen LogP contribution in [0.15, 0.2) is 34.9 Å². The van der Waals surface area contributed by atoms with Gasteiger partial charge < -0.3 is 10.2 Å². The van der Waals surface area contributed by atoms with Crippen molar-refractivity contribution in [2.24, 2.45) is 5.73 Å². The van der Waals surface area contributed by atoms with Crippen LogP contribution in [0, 0.1) is 0 Å². The lowest BCUT2D eigenvalue weighted by atomic mass is 10.0. The van der Waals surface area contributed by atoms with Crippen molar-refractivity contribution in [3.05, 3.63) is 41.8 Å². The predicted molar refractivity (Wildman–Crippen MR) is 64.1 cm³/mol. The Morgan fingerprint density at radius 3 is 2.81 bits per heavy atom. The van der Waals surface area contributed by atoms with Crippen LogP contribution in [-0.2, 0) is 12.8 Å². The summed E-state index contributed by atoms with van der Waals surface area (Å²) in [5.74, 6) is 0.695. The van der Waals surface area contributed by atoms with Crippen molar-refractivity contribution in [1.82, 2.24) is 4.98 Å². The molecule has 1 heterocycles. The fraction of sp³-hybridized carbons (Fsp3) is 0.308. The van der Waals surface area contributed by atoms with Gasteiger partial charge in [-0.1, -0.05) is 25.1 Å². The Morgan fingerprint density at radius 2 is 2.12 bits per heavy atom. The van der Waals surface area contributed by atoms with Gasteiger partial charge in [-0.3, -0.25) is 0 Å². The molecule has 0 aliphatic heterocycles. The quantitative estimate of drug-likeness (QED) is 0.853. The normalized spacial score (nSPS) is 10.6. The molecule has 2 rings (SSSR count). The molecule has 2 aromatic rings. The third-order valence-corrected chi connectivity index (χ3v) is 2.58. The zero-order valence-corrected chi connectivity index (χ0v) is 9.44. The average Bonchev–Trinajstić information content (AvgIpc) is 2.79. The van der Waals surface area contributed by atoms with E-state index in [9.17, 15) is 0 Å². The molecule has 0 saturated carbocycles. The van der Waals surface area contributed by atoms with E-state index in [1.165, 1.54) is 5.56 Å². The average molecular weight is 216 g/mol. The fourth-order valence-corrected chi connectivity index (χ4v) is 1.70. The number of nitrogens with zero attached hydrogens (tertiary/aromatic N) is 1. The van der Waals surface area contributed by atoms with E-state index >= 15 is 0 Å². The molecule has 0 fully saturated rings. The van der Waals surface area contributed by atoms with Gasteiger partial charge in [0.1, 0.15) is 6.26 Å². The van der Waals surface area contributed by atoms with Gasteiger partial charge in [-0.05, 0) is 31.0 Å². The predicted octanol–water partition coefficient (Wildman–Crippen LogP) is 2.41. The molecule has 0 aliphatic carbocycles. The smallest absolute Gasteiger partial charge is 0.226 e. The topological polar surface area (TPSA) is 52.0 Å². The van der Waals surface area contributed by atoms with Crippen LogP contribution in [0.5, 0.6) is 0 Å². The first-order valence-electron chi connectivity index (χ1n) is 5.58. The second-order valence-corrected chi connectivity index (χ2v) is 3.69. The summed E-state index contributed by atoms with van der Waals surface area (Å²) >= 11 is 0. The number of rotatable bonds is 4. The molecule has 3 nitrogen and oxygen atoms in total. The highest BCUT2D eigenvalue weighted by atomic mass is 16.3. The van der Waals surface area contributed by atoms with Gasteiger partial charge in [-0.25, -0.2) is 4.98 Å². The van der Waals surface area contributed by atoms with Crippen molar-refractivity contribution >= 4 is 0 Å². The highest BCUT2D eigenvalue weighted by Crippen LogP contribution is 2.23. The van der Waals surface area contributed by atoms with Crippen LogP contribution in [0.3, 0.4) is 0 Å². The lowest BCUT2D eigenvalue weighted by molar-refractivity contribution is 0.572. The highest BCUT2D eigenvalue weighted by Gasteiger charge is 2.09. The molecule has 0 spiro atoms. The monoisotopic (exact) mass is 216 g/mol. The standard InChI is InChI=1S/C13H16N2O/c1-2-11-9-16-13(15-11)12-6-4-3-5-10(12)7-8-14/h3-6,9H,2,7-8,14H2,1H3. The van der Waals surface area contributed by atoms with Crippen LogP contribution in [0.2, 0.25) is 0 Å². The minimum Gasteiger partial charge on any atom is -0.444 e. The number of aryl methyl sites for hydroxylation is 1. The second-order valence-electron chi connectivity index (χ2n) is 3.69. The maximum atomic E-state index is 5.59. The van der Waals surface area contributed by atoms with Crippen molar-refractivity contribution in [3.8, 4) is 11.5 Å². The van der Waals surface area contributed by atoms with Gasteiger partial charge >= 0.3 is 0 Å². The summed E-state index contributed by atoms with van der Waals surface area (Å²) < 4.78 is 5.48. The third-order valence-electron chi connectivity index (χ3n) is 2.58. The Labute approximate surface area is 95.3 Å². The van der Waals surface area contributed by atoms with Crippen molar-refractivity contribution in [3.63, 3.8) is 0 Å². The minimum absolute atomic E-state index is 0.637. The summed E-state index contributed by atoms with van der Waals surface area (Å²) in [7, 11) is 0. The Bertz CT molecular complexity index is 462. The Morgan fingerprint density at radius 1 is 1.31 bits per heavy atom. The van der Waals surface area contributed by atoms with Gasteiger partial charge in [-0.2, -0.15) is 0 Å². The van der Waals surface area contributed by atoms with E-state index in [1.807, 2.05) is 18.2 Å². The van der Waals surface area contributed by atoms with Crippen molar-refractivity contribution in [2.45, 2.75) is 19.8 Å². The summed E-state index contributed by atoms with van der Waals surface area (Å²) in [5.41, 5.74) is 8.81. The summed E-state index contributed by atoms with van der Waals surface area (Å²) in [6, 6.07) is 8.09. The summed E-state index contributed by atoms with van der Waals surface area (Å²) in [6.07, 6.45) is 3.46. The van der Waals surface area contributed by atoms with E-state index in [4.69, 9.17) is 10.2 Å². The molecular formula is C13H16N2O. The minimum atomic E-state index is 0.637. The number of aromatic nitrogens is 1. The van der Waals surface area contributed by atoms with Crippen LogP contribution in [-0.4, -0.2) is 11.5 Å². The maximum Gasteiger partial charge on any atom is 0.226 e. The third kappa shape index (κ3) is 2.14. The first kappa shape index (κ1) is 10.9. The molecule has 0 aliphatic rings. The number of nitrogens with two attached hydrogens (primary N) is 1. The summed E-state index contributed by atoms with van der Waals surface area (Å²) in [4.78, 5) is 4.43. The van der Waals surface area contributed by atoms with E-state index in [0.717, 1.165) is 24.1 Å². The molecule has 2 N–H and O–H groups in total. The zero-order chi connectivity index (χ0) is 11.4. The van der Waals surface area contributed by atoms with Gasteiger partial charge in [0.2, 0.25) is 5.89 Å². The molecule has 3 heteroatoms. The molecule has 1 aromatic heterocycles. The Hall–Kier alpha value is -1.61. The summed E-state index contributed by atoms with van der Waals surface area (Å²) in [5, 5.41) is 0. The number of oxazole rings is 1. The fourth-order valence-electron chi connectivity index (χ4n) is 1.70. The van der Waals surface area contributed by atoms with E-state index in [0.29, 0.717) is 12.4 Å². The van der Waals surface area contributed by atoms with Gasteiger partial charge in [-0.15, -0.1) is 0 Å². The molecule has 16 heavy (non-hydrogen) atoms. The molecule has 1 aromatic carbocycles. The lowest BCUT2D eigenvalue weighted by Gasteiger charge is -2.04. The van der Waals surface area contributed by atoms with Gasteiger partial charge in [0.05, 0.1) is 5.69 Å². The van der Waals surface area contributed by atoms with Gasteiger partial charge in [0, 0.05) is 5.56 Å². The zero-order valence-electron chi connectivity index (χ0n) is 9.44. The second kappa shape index (κ2) is 4.94.